The lowest BCUT2D eigenvalue weighted by molar-refractivity contribution is 0.0417. The van der Waals surface area contributed by atoms with Gasteiger partial charge in [-0.2, -0.15) is 0 Å². The van der Waals surface area contributed by atoms with E-state index in [9.17, 15) is 5.11 Å². The van der Waals surface area contributed by atoms with Gasteiger partial charge < -0.3 is 15.7 Å². The lowest BCUT2D eigenvalue weighted by Crippen LogP contribution is -2.49. The van der Waals surface area contributed by atoms with Crippen molar-refractivity contribution in [2.75, 3.05) is 32.7 Å². The zero-order chi connectivity index (χ0) is 16.4. The Bertz CT molecular complexity index is 351. The second-order valence-corrected chi connectivity index (χ2v) is 6.13. The van der Waals surface area contributed by atoms with E-state index in [1.807, 2.05) is 19.9 Å². The summed E-state index contributed by atoms with van der Waals surface area (Å²) in [6.45, 7) is 14.3. The largest absolute Gasteiger partial charge is 0.388 e. The molecule has 0 unspecified atom stereocenters. The first-order valence-electron chi connectivity index (χ1n) is 8.67. The van der Waals surface area contributed by atoms with Crippen LogP contribution in [0.3, 0.4) is 0 Å². The SMILES string of the molecule is C=CCN1CCC(NC(=NCC(O)(CC)CC)NCC)CC1.I. The lowest BCUT2D eigenvalue weighted by Gasteiger charge is -2.32. The molecule has 1 rings (SSSR count). The van der Waals surface area contributed by atoms with Gasteiger partial charge in [0.2, 0.25) is 0 Å². The van der Waals surface area contributed by atoms with E-state index >= 15 is 0 Å². The molecule has 0 aromatic rings. The predicted molar refractivity (Wildman–Crippen MR) is 110 cm³/mol. The summed E-state index contributed by atoms with van der Waals surface area (Å²) in [6, 6.07) is 0.454. The molecule has 6 heteroatoms. The number of hydrogen-bond acceptors (Lipinski definition) is 3. The van der Waals surface area contributed by atoms with Crippen LogP contribution in [0.25, 0.3) is 0 Å². The maximum Gasteiger partial charge on any atom is 0.191 e. The Balaban J connectivity index is 0.00000484. The summed E-state index contributed by atoms with van der Waals surface area (Å²) in [5, 5.41) is 17.2. The number of halogens is 1. The highest BCUT2D eigenvalue weighted by Gasteiger charge is 2.23. The Kier molecular flexibility index (Phi) is 11.9. The fourth-order valence-corrected chi connectivity index (χ4v) is 2.66. The van der Waals surface area contributed by atoms with Crippen LogP contribution in [-0.2, 0) is 0 Å². The Labute approximate surface area is 159 Å². The molecule has 0 radical (unpaired) electrons. The van der Waals surface area contributed by atoms with E-state index in [0.717, 1.165) is 57.8 Å². The van der Waals surface area contributed by atoms with Gasteiger partial charge in [0.1, 0.15) is 0 Å². The second-order valence-electron chi connectivity index (χ2n) is 6.13. The third-order valence-corrected chi connectivity index (χ3v) is 4.51. The van der Waals surface area contributed by atoms with Crippen LogP contribution in [0.2, 0.25) is 0 Å². The van der Waals surface area contributed by atoms with Crippen LogP contribution in [0, 0.1) is 0 Å². The number of guanidine groups is 1. The number of nitrogens with zero attached hydrogens (tertiary/aromatic N) is 2. The Morgan fingerprint density at radius 3 is 2.39 bits per heavy atom. The van der Waals surface area contributed by atoms with E-state index in [1.165, 1.54) is 0 Å². The molecule has 3 N–H and O–H groups in total. The van der Waals surface area contributed by atoms with Crippen molar-refractivity contribution < 1.29 is 5.11 Å². The van der Waals surface area contributed by atoms with Gasteiger partial charge in [-0.25, -0.2) is 0 Å². The molecule has 0 aliphatic carbocycles. The summed E-state index contributed by atoms with van der Waals surface area (Å²) in [7, 11) is 0. The van der Waals surface area contributed by atoms with Gasteiger partial charge in [0.25, 0.3) is 0 Å². The summed E-state index contributed by atoms with van der Waals surface area (Å²) in [5.74, 6) is 0.824. The van der Waals surface area contributed by atoms with Crippen molar-refractivity contribution in [1.29, 1.82) is 0 Å². The highest BCUT2D eigenvalue weighted by molar-refractivity contribution is 14.0. The molecule has 1 saturated heterocycles. The molecule has 1 fully saturated rings. The highest BCUT2D eigenvalue weighted by Crippen LogP contribution is 2.15. The molecule has 23 heavy (non-hydrogen) atoms. The summed E-state index contributed by atoms with van der Waals surface area (Å²) in [6.07, 6.45) is 5.66. The molecule has 136 valence electrons. The van der Waals surface area contributed by atoms with E-state index in [0.29, 0.717) is 12.6 Å². The van der Waals surface area contributed by atoms with Gasteiger partial charge >= 0.3 is 0 Å². The maximum atomic E-state index is 10.4. The zero-order valence-electron chi connectivity index (χ0n) is 15.0. The molecule has 0 aromatic carbocycles. The predicted octanol–water partition coefficient (Wildman–Crippen LogP) is 2.36. The number of hydrogen-bond donors (Lipinski definition) is 3. The highest BCUT2D eigenvalue weighted by atomic mass is 127. The monoisotopic (exact) mass is 438 g/mol. The summed E-state index contributed by atoms with van der Waals surface area (Å²) < 4.78 is 0. The van der Waals surface area contributed by atoms with Crippen molar-refractivity contribution in [3.63, 3.8) is 0 Å². The van der Waals surface area contributed by atoms with Crippen molar-refractivity contribution in [3.05, 3.63) is 12.7 Å². The third kappa shape index (κ3) is 8.35. The van der Waals surface area contributed by atoms with Gasteiger partial charge in [-0.05, 0) is 32.6 Å². The number of aliphatic imine (C=N–C) groups is 1. The van der Waals surface area contributed by atoms with Crippen molar-refractivity contribution in [1.82, 2.24) is 15.5 Å². The molecule has 1 aliphatic heterocycles. The lowest BCUT2D eigenvalue weighted by atomic mass is 9.98. The van der Waals surface area contributed by atoms with E-state index in [4.69, 9.17) is 0 Å². The number of aliphatic hydroxyl groups is 1. The smallest absolute Gasteiger partial charge is 0.191 e. The van der Waals surface area contributed by atoms with Crippen LogP contribution < -0.4 is 10.6 Å². The molecule has 0 saturated carbocycles. The quantitative estimate of drug-likeness (QED) is 0.236. The van der Waals surface area contributed by atoms with Gasteiger partial charge in [-0.15, -0.1) is 30.6 Å². The van der Waals surface area contributed by atoms with Crippen molar-refractivity contribution in [3.8, 4) is 0 Å². The standard InChI is InChI=1S/C17H34N4O.HI/c1-5-11-21-12-9-15(10-13-21)20-16(18-8-4)19-14-17(22,6-2)7-3;/h5,15,22H,1,6-14H2,2-4H3,(H2,18,19,20);1H. The molecule has 1 aliphatic rings. The molecular weight excluding hydrogens is 403 g/mol. The average molecular weight is 438 g/mol. The van der Waals surface area contributed by atoms with Gasteiger partial charge in [0.15, 0.2) is 5.96 Å². The minimum Gasteiger partial charge on any atom is -0.388 e. The van der Waals surface area contributed by atoms with Gasteiger partial charge in [-0.3, -0.25) is 9.89 Å². The number of likely N-dealkylation sites (tertiary alicyclic amines) is 1. The molecule has 0 spiro atoms. The van der Waals surface area contributed by atoms with E-state index in [-0.39, 0.29) is 24.0 Å². The van der Waals surface area contributed by atoms with E-state index < -0.39 is 5.60 Å². The van der Waals surface area contributed by atoms with Crippen molar-refractivity contribution in [2.45, 2.75) is 58.1 Å². The average Bonchev–Trinajstić information content (AvgIpc) is 2.54. The fraction of sp³-hybridized carbons (Fsp3) is 0.824. The first kappa shape index (κ1) is 22.7. The van der Waals surface area contributed by atoms with Crippen LogP contribution in [0.4, 0.5) is 0 Å². The van der Waals surface area contributed by atoms with Crippen molar-refractivity contribution in [2.24, 2.45) is 4.99 Å². The second kappa shape index (κ2) is 12.1. The summed E-state index contributed by atoms with van der Waals surface area (Å²) in [5.41, 5.74) is -0.685. The van der Waals surface area contributed by atoms with Crippen LogP contribution >= 0.6 is 24.0 Å². The summed E-state index contributed by atoms with van der Waals surface area (Å²) >= 11 is 0. The molecular formula is C17H35IN4O. The maximum absolute atomic E-state index is 10.4. The van der Waals surface area contributed by atoms with E-state index in [2.05, 4.69) is 34.0 Å². The molecule has 0 bridgehead atoms. The molecule has 1 heterocycles. The fourth-order valence-electron chi connectivity index (χ4n) is 2.66. The Morgan fingerprint density at radius 1 is 1.30 bits per heavy atom. The van der Waals surface area contributed by atoms with Crippen LogP contribution in [0.5, 0.6) is 0 Å². The number of nitrogens with one attached hydrogen (secondary N) is 2. The minimum absolute atomic E-state index is 0. The molecule has 0 amide bonds. The Hall–Kier alpha value is -0.340. The van der Waals surface area contributed by atoms with E-state index in [1.54, 1.807) is 0 Å². The van der Waals surface area contributed by atoms with Crippen LogP contribution in [0.1, 0.15) is 46.5 Å². The van der Waals surface area contributed by atoms with Crippen LogP contribution in [0.15, 0.2) is 17.6 Å². The minimum atomic E-state index is -0.685. The molecule has 5 nitrogen and oxygen atoms in total. The molecule has 0 atom stereocenters. The molecule has 0 aromatic heterocycles. The van der Waals surface area contributed by atoms with Crippen molar-refractivity contribution >= 4 is 29.9 Å². The van der Waals surface area contributed by atoms with Gasteiger partial charge in [0.05, 0.1) is 12.1 Å². The normalized spacial score (nSPS) is 17.5. The first-order valence-corrected chi connectivity index (χ1v) is 8.67. The van der Waals surface area contributed by atoms with Crippen LogP contribution in [-0.4, -0.2) is 60.3 Å². The Morgan fingerprint density at radius 2 is 1.91 bits per heavy atom. The number of rotatable bonds is 8. The number of piperidine rings is 1. The zero-order valence-corrected chi connectivity index (χ0v) is 17.3. The van der Waals surface area contributed by atoms with Gasteiger partial charge in [-0.1, -0.05) is 19.9 Å². The first-order chi connectivity index (χ1) is 10.6. The third-order valence-electron chi connectivity index (χ3n) is 4.51. The summed E-state index contributed by atoms with van der Waals surface area (Å²) in [4.78, 5) is 7.01. The topological polar surface area (TPSA) is 59.9 Å². The van der Waals surface area contributed by atoms with Gasteiger partial charge in [0, 0.05) is 32.2 Å².